The number of rotatable bonds is 7. The summed E-state index contributed by atoms with van der Waals surface area (Å²) in [5.74, 6) is 1.73. The van der Waals surface area contributed by atoms with Crippen LogP contribution in [0.3, 0.4) is 0 Å². The molecule has 0 bridgehead atoms. The molecule has 0 fully saturated rings. The zero-order valence-corrected chi connectivity index (χ0v) is 18.6. The first-order valence-electron chi connectivity index (χ1n) is 8.48. The van der Waals surface area contributed by atoms with Gasteiger partial charge in [-0.25, -0.2) is 9.98 Å². The van der Waals surface area contributed by atoms with E-state index in [0.717, 1.165) is 42.0 Å². The van der Waals surface area contributed by atoms with Crippen LogP contribution >= 0.6 is 35.6 Å². The maximum Gasteiger partial charge on any atom is 0.191 e. The third-order valence-corrected chi connectivity index (χ3v) is 3.82. The molecule has 26 heavy (non-hydrogen) atoms. The SMILES string of the molecule is CCNC(=NCc1cccc(N(C)C)n1)NCCc1cccc(Cl)c1.I. The highest BCUT2D eigenvalue weighted by atomic mass is 127. The molecular weight excluding hydrogens is 461 g/mol. The molecule has 0 spiro atoms. The molecule has 0 radical (unpaired) electrons. The van der Waals surface area contributed by atoms with Crippen LogP contribution < -0.4 is 15.5 Å². The Bertz CT molecular complexity index is 706. The van der Waals surface area contributed by atoms with Gasteiger partial charge in [0.25, 0.3) is 0 Å². The molecule has 2 N–H and O–H groups in total. The molecule has 1 aromatic carbocycles. The van der Waals surface area contributed by atoms with Crippen LogP contribution in [-0.2, 0) is 13.0 Å². The predicted molar refractivity (Wildman–Crippen MR) is 122 cm³/mol. The Balaban J connectivity index is 0.00000338. The van der Waals surface area contributed by atoms with Crippen LogP contribution in [0.2, 0.25) is 5.02 Å². The zero-order chi connectivity index (χ0) is 18.1. The smallest absolute Gasteiger partial charge is 0.191 e. The van der Waals surface area contributed by atoms with Gasteiger partial charge in [0.15, 0.2) is 5.96 Å². The first kappa shape index (κ1) is 22.5. The van der Waals surface area contributed by atoms with Gasteiger partial charge in [0.05, 0.1) is 12.2 Å². The number of pyridine rings is 1. The third kappa shape index (κ3) is 7.78. The summed E-state index contributed by atoms with van der Waals surface area (Å²) in [5, 5.41) is 7.38. The lowest BCUT2D eigenvalue weighted by Crippen LogP contribution is -2.38. The lowest BCUT2D eigenvalue weighted by molar-refractivity contribution is 0.796. The number of benzene rings is 1. The second-order valence-corrected chi connectivity index (χ2v) is 6.32. The number of hydrogen-bond acceptors (Lipinski definition) is 3. The monoisotopic (exact) mass is 487 g/mol. The number of aromatic nitrogens is 1. The second kappa shape index (κ2) is 12.0. The molecule has 1 aromatic heterocycles. The Morgan fingerprint density at radius 1 is 1.15 bits per heavy atom. The Morgan fingerprint density at radius 2 is 1.92 bits per heavy atom. The van der Waals surface area contributed by atoms with Crippen molar-refractivity contribution in [1.82, 2.24) is 15.6 Å². The maximum absolute atomic E-state index is 6.02. The van der Waals surface area contributed by atoms with Gasteiger partial charge < -0.3 is 15.5 Å². The summed E-state index contributed by atoms with van der Waals surface area (Å²) < 4.78 is 0. The van der Waals surface area contributed by atoms with Gasteiger partial charge >= 0.3 is 0 Å². The summed E-state index contributed by atoms with van der Waals surface area (Å²) in [6, 6.07) is 13.9. The van der Waals surface area contributed by atoms with Crippen LogP contribution in [0, 0.1) is 0 Å². The van der Waals surface area contributed by atoms with Gasteiger partial charge in [0.1, 0.15) is 5.82 Å². The van der Waals surface area contributed by atoms with Gasteiger partial charge in [-0.1, -0.05) is 29.8 Å². The first-order chi connectivity index (χ1) is 12.1. The van der Waals surface area contributed by atoms with Gasteiger partial charge in [-0.05, 0) is 43.2 Å². The van der Waals surface area contributed by atoms with Crippen LogP contribution in [0.4, 0.5) is 5.82 Å². The first-order valence-corrected chi connectivity index (χ1v) is 8.86. The summed E-state index contributed by atoms with van der Waals surface area (Å²) in [5.41, 5.74) is 2.15. The molecule has 2 aromatic rings. The largest absolute Gasteiger partial charge is 0.363 e. The number of nitrogens with one attached hydrogen (secondary N) is 2. The normalized spacial score (nSPS) is 10.8. The van der Waals surface area contributed by atoms with Crippen LogP contribution in [0.1, 0.15) is 18.2 Å². The van der Waals surface area contributed by atoms with E-state index in [9.17, 15) is 0 Å². The number of hydrogen-bond donors (Lipinski definition) is 2. The van der Waals surface area contributed by atoms with E-state index in [4.69, 9.17) is 11.6 Å². The topological polar surface area (TPSA) is 52.6 Å². The predicted octanol–water partition coefficient (Wildman–Crippen LogP) is 3.72. The van der Waals surface area contributed by atoms with E-state index in [1.165, 1.54) is 5.56 Å². The highest BCUT2D eigenvalue weighted by molar-refractivity contribution is 14.0. The molecule has 0 aliphatic heterocycles. The van der Waals surface area contributed by atoms with Crippen LogP contribution in [-0.4, -0.2) is 38.1 Å². The summed E-state index contributed by atoms with van der Waals surface area (Å²) in [4.78, 5) is 11.2. The molecule has 0 aliphatic rings. The maximum atomic E-state index is 6.02. The van der Waals surface area contributed by atoms with Crippen molar-refractivity contribution in [2.75, 3.05) is 32.1 Å². The van der Waals surface area contributed by atoms with Crippen LogP contribution in [0.25, 0.3) is 0 Å². The molecule has 1 heterocycles. The van der Waals surface area contributed by atoms with Crippen molar-refractivity contribution >= 4 is 47.4 Å². The van der Waals surface area contributed by atoms with Crippen molar-refractivity contribution < 1.29 is 0 Å². The minimum absolute atomic E-state index is 0. The third-order valence-electron chi connectivity index (χ3n) is 3.59. The fourth-order valence-electron chi connectivity index (χ4n) is 2.32. The van der Waals surface area contributed by atoms with Crippen molar-refractivity contribution in [3.8, 4) is 0 Å². The molecule has 2 rings (SSSR count). The van der Waals surface area contributed by atoms with E-state index in [-0.39, 0.29) is 24.0 Å². The molecule has 0 saturated carbocycles. The second-order valence-electron chi connectivity index (χ2n) is 5.88. The van der Waals surface area contributed by atoms with E-state index in [1.54, 1.807) is 0 Å². The fourth-order valence-corrected chi connectivity index (χ4v) is 2.54. The van der Waals surface area contributed by atoms with Crippen molar-refractivity contribution in [2.24, 2.45) is 4.99 Å². The molecule has 7 heteroatoms. The minimum atomic E-state index is 0. The number of anilines is 1. The van der Waals surface area contributed by atoms with E-state index in [0.29, 0.717) is 6.54 Å². The minimum Gasteiger partial charge on any atom is -0.363 e. The lowest BCUT2D eigenvalue weighted by Gasteiger charge is -2.13. The molecule has 0 amide bonds. The van der Waals surface area contributed by atoms with Crippen LogP contribution in [0.5, 0.6) is 0 Å². The molecule has 0 atom stereocenters. The molecule has 0 aliphatic carbocycles. The van der Waals surface area contributed by atoms with Gasteiger partial charge in [0.2, 0.25) is 0 Å². The number of aliphatic imine (C=N–C) groups is 1. The molecule has 0 saturated heterocycles. The quantitative estimate of drug-likeness (QED) is 0.355. The van der Waals surface area contributed by atoms with Crippen molar-refractivity contribution in [3.63, 3.8) is 0 Å². The Hall–Kier alpha value is -1.54. The van der Waals surface area contributed by atoms with Crippen molar-refractivity contribution in [1.29, 1.82) is 0 Å². The van der Waals surface area contributed by atoms with E-state index < -0.39 is 0 Å². The standard InChI is InChI=1S/C19H26ClN5.HI/c1-4-21-19(22-12-11-15-7-5-8-16(20)13-15)23-14-17-9-6-10-18(24-17)25(2)3;/h5-10,13H,4,11-12,14H2,1-3H3,(H2,21,22,23);1H. The fraction of sp³-hybridized carbons (Fsp3) is 0.368. The summed E-state index contributed by atoms with van der Waals surface area (Å²) in [6.07, 6.45) is 0.888. The summed E-state index contributed by atoms with van der Waals surface area (Å²) >= 11 is 6.02. The number of guanidine groups is 1. The Morgan fingerprint density at radius 3 is 2.62 bits per heavy atom. The molecule has 5 nitrogen and oxygen atoms in total. The number of nitrogens with zero attached hydrogens (tertiary/aromatic N) is 3. The van der Waals surface area contributed by atoms with Crippen LogP contribution in [0.15, 0.2) is 47.5 Å². The average Bonchev–Trinajstić information content (AvgIpc) is 2.60. The zero-order valence-electron chi connectivity index (χ0n) is 15.5. The molecule has 142 valence electrons. The lowest BCUT2D eigenvalue weighted by atomic mass is 10.1. The van der Waals surface area contributed by atoms with Gasteiger partial charge in [-0.2, -0.15) is 0 Å². The van der Waals surface area contributed by atoms with Gasteiger partial charge in [-0.15, -0.1) is 24.0 Å². The van der Waals surface area contributed by atoms with E-state index in [1.807, 2.05) is 55.4 Å². The highest BCUT2D eigenvalue weighted by Crippen LogP contribution is 2.11. The Labute approximate surface area is 178 Å². The van der Waals surface area contributed by atoms with Crippen molar-refractivity contribution in [2.45, 2.75) is 19.9 Å². The van der Waals surface area contributed by atoms with Gasteiger partial charge in [0, 0.05) is 32.2 Å². The van der Waals surface area contributed by atoms with E-state index >= 15 is 0 Å². The van der Waals surface area contributed by atoms with Crippen molar-refractivity contribution in [3.05, 3.63) is 58.7 Å². The van der Waals surface area contributed by atoms with E-state index in [2.05, 4.69) is 33.6 Å². The average molecular weight is 488 g/mol. The molecular formula is C19H27ClIN5. The summed E-state index contributed by atoms with van der Waals surface area (Å²) in [7, 11) is 3.97. The highest BCUT2D eigenvalue weighted by Gasteiger charge is 2.01. The Kier molecular flexibility index (Phi) is 10.3. The summed E-state index contributed by atoms with van der Waals surface area (Å²) in [6.45, 7) is 4.19. The molecule has 0 unspecified atom stereocenters. The van der Waals surface area contributed by atoms with Gasteiger partial charge in [-0.3, -0.25) is 0 Å². The number of halogens is 2.